The highest BCUT2D eigenvalue weighted by molar-refractivity contribution is 6.20. The van der Waals surface area contributed by atoms with Gasteiger partial charge in [0.1, 0.15) is 22.3 Å². The van der Waals surface area contributed by atoms with Gasteiger partial charge in [-0.3, -0.25) is 0 Å². The van der Waals surface area contributed by atoms with E-state index in [0.717, 1.165) is 59.9 Å². The van der Waals surface area contributed by atoms with E-state index in [0.29, 0.717) is 22.4 Å². The molecular formula is C44H27NO2. The maximum absolute atomic E-state index is 9.59. The number of hydrogen-bond donors (Lipinski definition) is 0. The molecule has 3 nitrogen and oxygen atoms in total. The quantitative estimate of drug-likeness (QED) is 0.200. The lowest BCUT2D eigenvalue weighted by molar-refractivity contribution is 0.669. The van der Waals surface area contributed by atoms with Gasteiger partial charge in [0.05, 0.1) is 22.2 Å². The SMILES string of the molecule is [2H]c1c([2H])c(N(c2cccc3ccccc23)c2cccc3oc4c5ccccc5ccc4c23)c([2H])c([2H])c1-c1ccc2oc3ccccc3c2c1. The Morgan fingerprint density at radius 3 is 1.96 bits per heavy atom. The molecule has 0 fully saturated rings. The third-order valence-electron chi connectivity index (χ3n) is 9.11. The number of furan rings is 2. The van der Waals surface area contributed by atoms with Gasteiger partial charge in [-0.1, -0.05) is 109 Å². The number of anilines is 3. The van der Waals surface area contributed by atoms with Crippen LogP contribution in [0.15, 0.2) is 173 Å². The van der Waals surface area contributed by atoms with Gasteiger partial charge >= 0.3 is 0 Å². The van der Waals surface area contributed by atoms with Crippen molar-refractivity contribution >= 4 is 82.5 Å². The summed E-state index contributed by atoms with van der Waals surface area (Å²) in [6.07, 6.45) is 0. The fourth-order valence-corrected chi connectivity index (χ4v) is 6.94. The fourth-order valence-electron chi connectivity index (χ4n) is 6.94. The van der Waals surface area contributed by atoms with Crippen LogP contribution in [0.2, 0.25) is 0 Å². The van der Waals surface area contributed by atoms with E-state index >= 15 is 0 Å². The molecule has 8 aromatic carbocycles. The van der Waals surface area contributed by atoms with Crippen molar-refractivity contribution in [3.63, 3.8) is 0 Å². The zero-order valence-corrected chi connectivity index (χ0v) is 25.0. The summed E-state index contributed by atoms with van der Waals surface area (Å²) in [6.45, 7) is 0. The van der Waals surface area contributed by atoms with Crippen molar-refractivity contribution in [2.75, 3.05) is 4.90 Å². The largest absolute Gasteiger partial charge is 0.456 e. The Morgan fingerprint density at radius 2 is 1.09 bits per heavy atom. The minimum atomic E-state index is -0.147. The Labute approximate surface area is 276 Å². The first-order valence-corrected chi connectivity index (χ1v) is 15.6. The van der Waals surface area contributed by atoms with Crippen LogP contribution in [0.25, 0.3) is 76.5 Å². The number of para-hydroxylation sites is 1. The molecule has 0 aliphatic rings. The molecule has 0 unspecified atom stereocenters. The average Bonchev–Trinajstić information content (AvgIpc) is 3.74. The number of rotatable bonds is 4. The third kappa shape index (κ3) is 4.00. The minimum absolute atomic E-state index is 0.126. The van der Waals surface area contributed by atoms with Gasteiger partial charge in [0.15, 0.2) is 0 Å². The molecule has 10 rings (SSSR count). The second-order valence-electron chi connectivity index (χ2n) is 11.8. The zero-order valence-electron chi connectivity index (χ0n) is 29.0. The summed E-state index contributed by atoms with van der Waals surface area (Å²) < 4.78 is 50.6. The maximum atomic E-state index is 9.59. The van der Waals surface area contributed by atoms with Gasteiger partial charge in [-0.2, -0.15) is 0 Å². The number of nitrogens with zero attached hydrogens (tertiary/aromatic N) is 1. The first-order valence-electron chi connectivity index (χ1n) is 17.6. The molecule has 3 heteroatoms. The third-order valence-corrected chi connectivity index (χ3v) is 9.11. The van der Waals surface area contributed by atoms with Crippen LogP contribution in [-0.4, -0.2) is 0 Å². The first kappa shape index (κ1) is 22.2. The lowest BCUT2D eigenvalue weighted by Crippen LogP contribution is -2.10. The van der Waals surface area contributed by atoms with E-state index in [1.165, 1.54) is 0 Å². The molecule has 2 aromatic heterocycles. The van der Waals surface area contributed by atoms with E-state index in [1.54, 1.807) is 6.07 Å². The van der Waals surface area contributed by atoms with Crippen LogP contribution in [0.5, 0.6) is 0 Å². The van der Waals surface area contributed by atoms with Crippen molar-refractivity contribution < 1.29 is 14.3 Å². The molecule has 0 N–H and O–H groups in total. The standard InChI is InChI=1S/C44H27NO2/c1-3-12-33-29(9-1)11-7-15-38(33)45(39-16-8-18-42-43(39)36-25-21-30-10-2-4-13-34(30)44(36)47-42)32-23-19-28(20-24-32)31-22-26-41-37(27-31)35-14-5-6-17-40(35)46-41/h1-27H/i19D,20D,23D,24D. The predicted octanol–water partition coefficient (Wildman–Crippen LogP) is 12.9. The summed E-state index contributed by atoms with van der Waals surface area (Å²) in [5.41, 5.74) is 5.26. The van der Waals surface area contributed by atoms with Crippen LogP contribution in [0, 0.1) is 0 Å². The van der Waals surface area contributed by atoms with Crippen LogP contribution < -0.4 is 4.90 Å². The lowest BCUT2D eigenvalue weighted by Gasteiger charge is -2.27. The highest BCUT2D eigenvalue weighted by Gasteiger charge is 2.21. The molecule has 2 heterocycles. The van der Waals surface area contributed by atoms with Crippen molar-refractivity contribution in [1.29, 1.82) is 0 Å². The first-order chi connectivity index (χ1) is 25.0. The van der Waals surface area contributed by atoms with Crippen LogP contribution in [0.3, 0.4) is 0 Å². The lowest BCUT2D eigenvalue weighted by atomic mass is 10.0. The van der Waals surface area contributed by atoms with Crippen molar-refractivity contribution in [2.45, 2.75) is 0 Å². The second kappa shape index (κ2) is 10.1. The molecule has 0 aliphatic heterocycles. The summed E-state index contributed by atoms with van der Waals surface area (Å²) in [5.74, 6) is 0. The highest BCUT2D eigenvalue weighted by atomic mass is 16.3. The van der Waals surface area contributed by atoms with Crippen molar-refractivity contribution in [1.82, 2.24) is 0 Å². The van der Waals surface area contributed by atoms with Gasteiger partial charge in [-0.15, -0.1) is 0 Å². The van der Waals surface area contributed by atoms with Gasteiger partial charge in [-0.25, -0.2) is 0 Å². The van der Waals surface area contributed by atoms with E-state index < -0.39 is 0 Å². The summed E-state index contributed by atoms with van der Waals surface area (Å²) in [5, 5.41) is 7.46. The molecule has 0 amide bonds. The molecule has 0 radical (unpaired) electrons. The highest BCUT2D eigenvalue weighted by Crippen LogP contribution is 2.46. The van der Waals surface area contributed by atoms with Crippen molar-refractivity contribution in [3.8, 4) is 11.1 Å². The average molecular weight is 606 g/mol. The monoisotopic (exact) mass is 605 g/mol. The van der Waals surface area contributed by atoms with E-state index in [1.807, 2.05) is 120 Å². The van der Waals surface area contributed by atoms with E-state index in [2.05, 4.69) is 18.2 Å². The van der Waals surface area contributed by atoms with E-state index in [9.17, 15) is 5.48 Å². The van der Waals surface area contributed by atoms with Crippen molar-refractivity contribution in [3.05, 3.63) is 164 Å². The molecule has 0 spiro atoms. The van der Waals surface area contributed by atoms with Crippen LogP contribution in [0.1, 0.15) is 5.48 Å². The molecule has 0 saturated carbocycles. The van der Waals surface area contributed by atoms with Gasteiger partial charge in [0, 0.05) is 32.6 Å². The molecule has 0 bridgehead atoms. The summed E-state index contributed by atoms with van der Waals surface area (Å²) in [4.78, 5) is 1.88. The van der Waals surface area contributed by atoms with Gasteiger partial charge in [-0.05, 0) is 76.4 Å². The smallest absolute Gasteiger partial charge is 0.143 e. The Balaban J connectivity index is 1.27. The van der Waals surface area contributed by atoms with Crippen LogP contribution in [-0.2, 0) is 0 Å². The molecule has 47 heavy (non-hydrogen) atoms. The Bertz CT molecular complexity index is 3020. The van der Waals surface area contributed by atoms with E-state index in [-0.39, 0.29) is 35.4 Å². The summed E-state index contributed by atoms with van der Waals surface area (Å²) >= 11 is 0. The Hall–Kier alpha value is -6.32. The predicted molar refractivity (Wildman–Crippen MR) is 196 cm³/mol. The second-order valence-corrected chi connectivity index (χ2v) is 11.8. The summed E-state index contributed by atoms with van der Waals surface area (Å²) in [6, 6.07) is 44.8. The number of fused-ring (bicyclic) bond motifs is 9. The Morgan fingerprint density at radius 1 is 0.426 bits per heavy atom. The minimum Gasteiger partial charge on any atom is -0.456 e. The Kier molecular flexibility index (Phi) is 4.78. The maximum Gasteiger partial charge on any atom is 0.143 e. The van der Waals surface area contributed by atoms with Gasteiger partial charge in [0.2, 0.25) is 0 Å². The van der Waals surface area contributed by atoms with Gasteiger partial charge in [0.25, 0.3) is 0 Å². The number of benzene rings is 8. The molecule has 220 valence electrons. The topological polar surface area (TPSA) is 29.5 Å². The van der Waals surface area contributed by atoms with E-state index in [4.69, 9.17) is 8.83 Å². The zero-order chi connectivity index (χ0) is 34.4. The normalized spacial score (nSPS) is 13.0. The molecular weight excluding hydrogens is 574 g/mol. The van der Waals surface area contributed by atoms with Crippen molar-refractivity contribution in [2.24, 2.45) is 0 Å². The van der Waals surface area contributed by atoms with Crippen LogP contribution >= 0.6 is 0 Å². The molecule has 0 saturated heterocycles. The molecule has 0 aliphatic carbocycles. The molecule has 0 atom stereocenters. The molecule has 10 aromatic rings. The number of hydrogen-bond acceptors (Lipinski definition) is 3. The summed E-state index contributed by atoms with van der Waals surface area (Å²) in [7, 11) is 0. The fraction of sp³-hybridized carbons (Fsp3) is 0. The van der Waals surface area contributed by atoms with Crippen LogP contribution in [0.4, 0.5) is 17.1 Å². The van der Waals surface area contributed by atoms with Gasteiger partial charge < -0.3 is 13.7 Å².